The predicted molar refractivity (Wildman–Crippen MR) is 108 cm³/mol. The van der Waals surface area contributed by atoms with Gasteiger partial charge in [-0.05, 0) is 31.0 Å². The van der Waals surface area contributed by atoms with Gasteiger partial charge < -0.3 is 20.1 Å². The lowest BCUT2D eigenvalue weighted by molar-refractivity contribution is 0.0398. The summed E-state index contributed by atoms with van der Waals surface area (Å²) in [7, 11) is 1.69. The van der Waals surface area contributed by atoms with E-state index in [4.69, 9.17) is 9.47 Å². The van der Waals surface area contributed by atoms with Crippen LogP contribution in [-0.2, 0) is 11.2 Å². The van der Waals surface area contributed by atoms with E-state index >= 15 is 0 Å². The lowest BCUT2D eigenvalue weighted by Crippen LogP contribution is -2.39. The Balaban J connectivity index is 1.47. The topological polar surface area (TPSA) is 71.5 Å². The molecule has 1 aliphatic heterocycles. The van der Waals surface area contributed by atoms with E-state index < -0.39 is 0 Å². The summed E-state index contributed by atoms with van der Waals surface area (Å²) >= 11 is 0. The van der Waals surface area contributed by atoms with Gasteiger partial charge in [0.05, 0.1) is 20.3 Å². The molecule has 7 heteroatoms. The average Bonchev–Trinajstić information content (AvgIpc) is 2.69. The van der Waals surface area contributed by atoms with Crippen molar-refractivity contribution in [2.45, 2.75) is 13.3 Å². The molecule has 3 rings (SSSR count). The van der Waals surface area contributed by atoms with Crippen LogP contribution < -0.4 is 15.4 Å². The van der Waals surface area contributed by atoms with Crippen molar-refractivity contribution >= 4 is 11.6 Å². The number of aromatic nitrogens is 2. The number of rotatable bonds is 9. The smallest absolute Gasteiger partial charge is 0.131 e. The molecule has 1 aromatic carbocycles. The number of methoxy groups -OCH3 is 1. The zero-order valence-electron chi connectivity index (χ0n) is 16.2. The van der Waals surface area contributed by atoms with Gasteiger partial charge in [0.2, 0.25) is 0 Å². The molecule has 0 atom stereocenters. The monoisotopic (exact) mass is 371 g/mol. The molecule has 1 fully saturated rings. The quantitative estimate of drug-likeness (QED) is 0.700. The lowest BCUT2D eigenvalue weighted by atomic mass is 10.1. The standard InChI is InChI=1S/C20H29N5O2/c1-16-23-19(21-7-6-17-4-3-5-18(14-17)26-2)15-20(24-16)22-8-9-25-10-12-27-13-11-25/h3-5,14-15H,6-13H2,1-2H3,(H2,21,22,23,24). The largest absolute Gasteiger partial charge is 0.497 e. The first-order valence-electron chi connectivity index (χ1n) is 9.49. The molecular formula is C20H29N5O2. The van der Waals surface area contributed by atoms with Crippen molar-refractivity contribution in [2.24, 2.45) is 0 Å². The van der Waals surface area contributed by atoms with E-state index in [-0.39, 0.29) is 0 Å². The Kier molecular flexibility index (Phi) is 7.24. The summed E-state index contributed by atoms with van der Waals surface area (Å²) in [6.45, 7) is 8.23. The van der Waals surface area contributed by atoms with Crippen LogP contribution in [0.2, 0.25) is 0 Å². The van der Waals surface area contributed by atoms with Gasteiger partial charge in [0, 0.05) is 38.8 Å². The first-order chi connectivity index (χ1) is 13.2. The summed E-state index contributed by atoms with van der Waals surface area (Å²) < 4.78 is 10.7. The highest BCUT2D eigenvalue weighted by Crippen LogP contribution is 2.14. The second-order valence-corrected chi connectivity index (χ2v) is 6.59. The number of nitrogens with one attached hydrogen (secondary N) is 2. The van der Waals surface area contributed by atoms with Gasteiger partial charge in [0.15, 0.2) is 0 Å². The van der Waals surface area contributed by atoms with Crippen LogP contribution in [-0.4, -0.2) is 67.9 Å². The molecule has 0 radical (unpaired) electrons. The van der Waals surface area contributed by atoms with E-state index in [1.54, 1.807) is 7.11 Å². The summed E-state index contributed by atoms with van der Waals surface area (Å²) in [6.07, 6.45) is 0.903. The van der Waals surface area contributed by atoms with Gasteiger partial charge in [0.25, 0.3) is 0 Å². The van der Waals surface area contributed by atoms with Crippen molar-refractivity contribution < 1.29 is 9.47 Å². The number of hydrogen-bond acceptors (Lipinski definition) is 7. The molecule has 0 aliphatic carbocycles. The second kappa shape index (κ2) is 10.1. The molecule has 1 aromatic heterocycles. The number of benzene rings is 1. The third kappa shape index (κ3) is 6.37. The summed E-state index contributed by atoms with van der Waals surface area (Å²) in [6, 6.07) is 10.1. The Morgan fingerprint density at radius 1 is 1.07 bits per heavy atom. The van der Waals surface area contributed by atoms with Crippen molar-refractivity contribution in [3.63, 3.8) is 0 Å². The van der Waals surface area contributed by atoms with Crippen molar-refractivity contribution in [3.05, 3.63) is 41.7 Å². The molecule has 2 N–H and O–H groups in total. The van der Waals surface area contributed by atoms with Gasteiger partial charge in [-0.15, -0.1) is 0 Å². The third-order valence-electron chi connectivity index (χ3n) is 4.53. The normalized spacial score (nSPS) is 14.7. The number of nitrogens with zero attached hydrogens (tertiary/aromatic N) is 3. The fraction of sp³-hybridized carbons (Fsp3) is 0.500. The molecule has 7 nitrogen and oxygen atoms in total. The van der Waals surface area contributed by atoms with E-state index in [0.717, 1.165) is 75.6 Å². The van der Waals surface area contributed by atoms with Gasteiger partial charge in [-0.25, -0.2) is 9.97 Å². The molecule has 146 valence electrons. The molecule has 0 unspecified atom stereocenters. The molecular weight excluding hydrogens is 342 g/mol. The van der Waals surface area contributed by atoms with Gasteiger partial charge in [-0.2, -0.15) is 0 Å². The molecule has 1 aliphatic rings. The predicted octanol–water partition coefficient (Wildman–Crippen LogP) is 2.19. The number of aryl methyl sites for hydroxylation is 1. The average molecular weight is 371 g/mol. The minimum atomic E-state index is 0.759. The fourth-order valence-electron chi connectivity index (χ4n) is 3.08. The Bertz CT molecular complexity index is 719. The Morgan fingerprint density at radius 3 is 2.56 bits per heavy atom. The number of anilines is 2. The first-order valence-corrected chi connectivity index (χ1v) is 9.49. The minimum absolute atomic E-state index is 0.759. The van der Waals surface area contributed by atoms with Gasteiger partial charge in [0.1, 0.15) is 23.2 Å². The second-order valence-electron chi connectivity index (χ2n) is 6.59. The van der Waals surface area contributed by atoms with Gasteiger partial charge in [-0.3, -0.25) is 4.90 Å². The summed E-state index contributed by atoms with van der Waals surface area (Å²) in [4.78, 5) is 11.4. The maximum Gasteiger partial charge on any atom is 0.131 e. The SMILES string of the molecule is COc1cccc(CCNc2cc(NCCN3CCOCC3)nc(C)n2)c1. The Morgan fingerprint density at radius 2 is 1.81 bits per heavy atom. The third-order valence-corrected chi connectivity index (χ3v) is 4.53. The molecule has 2 aromatic rings. The fourth-order valence-corrected chi connectivity index (χ4v) is 3.08. The van der Waals surface area contributed by atoms with Crippen molar-refractivity contribution in [2.75, 3.05) is 63.7 Å². The molecule has 0 amide bonds. The van der Waals surface area contributed by atoms with Crippen LogP contribution in [0.1, 0.15) is 11.4 Å². The van der Waals surface area contributed by atoms with Crippen molar-refractivity contribution in [1.82, 2.24) is 14.9 Å². The van der Waals surface area contributed by atoms with E-state index in [2.05, 4.69) is 37.6 Å². The van der Waals surface area contributed by atoms with E-state index in [9.17, 15) is 0 Å². The van der Waals surface area contributed by atoms with Crippen LogP contribution in [0.15, 0.2) is 30.3 Å². The number of morpholine rings is 1. The molecule has 0 bridgehead atoms. The van der Waals surface area contributed by atoms with Crippen LogP contribution in [0, 0.1) is 6.92 Å². The summed E-state index contributed by atoms with van der Waals surface area (Å²) in [5.41, 5.74) is 1.23. The van der Waals surface area contributed by atoms with Crippen LogP contribution in [0.5, 0.6) is 5.75 Å². The van der Waals surface area contributed by atoms with Crippen molar-refractivity contribution in [1.29, 1.82) is 0 Å². The highest BCUT2D eigenvalue weighted by molar-refractivity contribution is 5.47. The molecule has 2 heterocycles. The van der Waals surface area contributed by atoms with Gasteiger partial charge >= 0.3 is 0 Å². The summed E-state index contributed by atoms with van der Waals surface area (Å²) in [5, 5.41) is 6.80. The Labute approximate surface area is 161 Å². The van der Waals surface area contributed by atoms with Crippen LogP contribution in [0.25, 0.3) is 0 Å². The Hall–Kier alpha value is -2.38. The number of hydrogen-bond donors (Lipinski definition) is 2. The van der Waals surface area contributed by atoms with Crippen molar-refractivity contribution in [3.8, 4) is 5.75 Å². The zero-order chi connectivity index (χ0) is 18.9. The first kappa shape index (κ1) is 19.4. The molecule has 27 heavy (non-hydrogen) atoms. The highest BCUT2D eigenvalue weighted by atomic mass is 16.5. The van der Waals surface area contributed by atoms with E-state index in [1.165, 1.54) is 5.56 Å². The van der Waals surface area contributed by atoms with E-state index in [1.807, 2.05) is 25.1 Å². The minimum Gasteiger partial charge on any atom is -0.497 e. The molecule has 1 saturated heterocycles. The molecule has 0 saturated carbocycles. The summed E-state index contributed by atoms with van der Waals surface area (Å²) in [5.74, 6) is 3.35. The highest BCUT2D eigenvalue weighted by Gasteiger charge is 2.09. The lowest BCUT2D eigenvalue weighted by Gasteiger charge is -2.26. The van der Waals surface area contributed by atoms with Gasteiger partial charge in [-0.1, -0.05) is 12.1 Å². The van der Waals surface area contributed by atoms with Crippen LogP contribution in [0.4, 0.5) is 11.6 Å². The zero-order valence-corrected chi connectivity index (χ0v) is 16.2. The molecule has 0 spiro atoms. The maximum atomic E-state index is 5.38. The van der Waals surface area contributed by atoms with E-state index in [0.29, 0.717) is 0 Å². The van der Waals surface area contributed by atoms with Crippen LogP contribution in [0.3, 0.4) is 0 Å². The number of ether oxygens (including phenoxy) is 2. The maximum absolute atomic E-state index is 5.38. The van der Waals surface area contributed by atoms with Crippen LogP contribution >= 0.6 is 0 Å².